The van der Waals surface area contributed by atoms with Crippen molar-refractivity contribution in [3.8, 4) is 0 Å². The van der Waals surface area contributed by atoms with E-state index in [9.17, 15) is 9.59 Å². The van der Waals surface area contributed by atoms with Gasteiger partial charge in [-0.1, -0.05) is 24.3 Å². The Morgan fingerprint density at radius 3 is 2.50 bits per heavy atom. The van der Waals surface area contributed by atoms with Crippen LogP contribution in [0.5, 0.6) is 0 Å². The van der Waals surface area contributed by atoms with E-state index in [1.807, 2.05) is 41.3 Å². The minimum absolute atomic E-state index is 0.107. The monoisotopic (exact) mass is 408 g/mol. The van der Waals surface area contributed by atoms with Gasteiger partial charge < -0.3 is 9.64 Å². The van der Waals surface area contributed by atoms with Crippen LogP contribution in [-0.4, -0.2) is 38.2 Å². The van der Waals surface area contributed by atoms with Gasteiger partial charge in [0.25, 0.3) is 5.91 Å². The summed E-state index contributed by atoms with van der Waals surface area (Å²) in [6.07, 6.45) is 4.88. The molecule has 1 fully saturated rings. The molecule has 2 aromatic carbocycles. The number of aryl methyl sites for hydroxylation is 2. The van der Waals surface area contributed by atoms with Crippen LogP contribution in [0.3, 0.4) is 0 Å². The molecule has 30 heavy (non-hydrogen) atoms. The van der Waals surface area contributed by atoms with Crippen molar-refractivity contribution >= 4 is 29.1 Å². The maximum atomic E-state index is 13.6. The molecule has 6 nitrogen and oxygen atoms in total. The first-order valence-electron chi connectivity index (χ1n) is 11.0. The van der Waals surface area contributed by atoms with Gasteiger partial charge in [0.2, 0.25) is 0 Å². The fraction of sp³-hybridized carbons (Fsp3) is 0.417. The highest BCUT2D eigenvalue weighted by molar-refractivity contribution is 6.03. The first-order chi connectivity index (χ1) is 14.7. The predicted octanol–water partition coefficient (Wildman–Crippen LogP) is 3.09. The maximum Gasteiger partial charge on any atom is 0.411 e. The van der Waals surface area contributed by atoms with Crippen LogP contribution in [0, 0.1) is 0 Å². The SMILES string of the molecule is CCOC(=O)Nc1ccc2c(c1)N(C(=O)C[NH+]1CCCCC1)c1ccccc1CC2. The molecule has 2 aliphatic heterocycles. The lowest BCUT2D eigenvalue weighted by atomic mass is 10.0. The molecule has 2 amide bonds. The van der Waals surface area contributed by atoms with Gasteiger partial charge in [-0.15, -0.1) is 0 Å². The smallest absolute Gasteiger partial charge is 0.411 e. The highest BCUT2D eigenvalue weighted by Gasteiger charge is 2.29. The molecule has 0 atom stereocenters. The number of amides is 2. The first-order valence-corrected chi connectivity index (χ1v) is 11.0. The number of nitrogens with one attached hydrogen (secondary N) is 2. The zero-order valence-electron chi connectivity index (χ0n) is 17.6. The van der Waals surface area contributed by atoms with Crippen LogP contribution in [0.15, 0.2) is 42.5 Å². The molecule has 6 heteroatoms. The highest BCUT2D eigenvalue weighted by atomic mass is 16.5. The summed E-state index contributed by atoms with van der Waals surface area (Å²) in [5.74, 6) is 0.107. The number of carbonyl (C=O) groups excluding carboxylic acids is 2. The van der Waals surface area contributed by atoms with Crippen LogP contribution >= 0.6 is 0 Å². The molecule has 0 bridgehead atoms. The average Bonchev–Trinajstić information content (AvgIpc) is 2.91. The third-order valence-electron chi connectivity index (χ3n) is 5.96. The van der Waals surface area contributed by atoms with Gasteiger partial charge in [0, 0.05) is 5.69 Å². The molecule has 0 aromatic heterocycles. The Kier molecular flexibility index (Phi) is 6.33. The summed E-state index contributed by atoms with van der Waals surface area (Å²) in [6, 6.07) is 13.9. The zero-order valence-corrected chi connectivity index (χ0v) is 17.6. The third kappa shape index (κ3) is 4.49. The molecular weight excluding hydrogens is 378 g/mol. The highest BCUT2D eigenvalue weighted by Crippen LogP contribution is 2.37. The molecule has 1 saturated heterocycles. The van der Waals surface area contributed by atoms with Crippen LogP contribution in [0.2, 0.25) is 0 Å². The van der Waals surface area contributed by atoms with Gasteiger partial charge in [-0.3, -0.25) is 15.0 Å². The Labute approximate surface area is 177 Å². The Balaban J connectivity index is 1.69. The van der Waals surface area contributed by atoms with Crippen LogP contribution in [-0.2, 0) is 22.4 Å². The zero-order chi connectivity index (χ0) is 20.9. The number of fused-ring (bicyclic) bond motifs is 2. The van der Waals surface area contributed by atoms with Crippen molar-refractivity contribution in [2.24, 2.45) is 0 Å². The van der Waals surface area contributed by atoms with E-state index >= 15 is 0 Å². The molecule has 2 heterocycles. The van der Waals surface area contributed by atoms with Gasteiger partial charge in [0.15, 0.2) is 6.54 Å². The van der Waals surface area contributed by atoms with Gasteiger partial charge in [0.05, 0.1) is 31.1 Å². The summed E-state index contributed by atoms with van der Waals surface area (Å²) in [6.45, 7) is 4.69. The number of benzene rings is 2. The van der Waals surface area contributed by atoms with Gasteiger partial charge in [-0.05, 0) is 68.4 Å². The molecule has 4 rings (SSSR count). The number of para-hydroxylation sites is 1. The number of piperidine rings is 1. The van der Waals surface area contributed by atoms with Crippen LogP contribution in [0.4, 0.5) is 21.9 Å². The van der Waals surface area contributed by atoms with E-state index in [4.69, 9.17) is 4.74 Å². The second-order valence-electron chi connectivity index (χ2n) is 8.03. The molecule has 0 spiro atoms. The minimum atomic E-state index is -0.484. The Hall–Kier alpha value is -2.86. The van der Waals surface area contributed by atoms with Crippen LogP contribution in [0.25, 0.3) is 0 Å². The van der Waals surface area contributed by atoms with Crippen molar-refractivity contribution < 1.29 is 19.2 Å². The second kappa shape index (κ2) is 9.30. The molecule has 2 N–H and O–H groups in total. The molecular formula is C24H30N3O3+. The average molecular weight is 409 g/mol. The van der Waals surface area contributed by atoms with Gasteiger partial charge >= 0.3 is 6.09 Å². The summed E-state index contributed by atoms with van der Waals surface area (Å²) in [5, 5.41) is 2.77. The van der Waals surface area contributed by atoms with E-state index in [1.165, 1.54) is 29.7 Å². The molecule has 0 radical (unpaired) electrons. The molecule has 2 aromatic rings. The Morgan fingerprint density at radius 1 is 1.00 bits per heavy atom. The number of nitrogens with zero attached hydrogens (tertiary/aromatic N) is 1. The second-order valence-corrected chi connectivity index (χ2v) is 8.03. The predicted molar refractivity (Wildman–Crippen MR) is 117 cm³/mol. The maximum absolute atomic E-state index is 13.6. The van der Waals surface area contributed by atoms with Crippen molar-refractivity contribution in [2.45, 2.75) is 39.0 Å². The van der Waals surface area contributed by atoms with Crippen molar-refractivity contribution in [3.63, 3.8) is 0 Å². The van der Waals surface area contributed by atoms with E-state index in [2.05, 4.69) is 11.4 Å². The summed E-state index contributed by atoms with van der Waals surface area (Å²) in [4.78, 5) is 28.7. The lowest BCUT2D eigenvalue weighted by Gasteiger charge is -2.29. The van der Waals surface area contributed by atoms with Crippen molar-refractivity contribution in [3.05, 3.63) is 53.6 Å². The van der Waals surface area contributed by atoms with Crippen molar-refractivity contribution in [1.29, 1.82) is 0 Å². The summed E-state index contributed by atoms with van der Waals surface area (Å²) in [7, 11) is 0. The number of ether oxygens (including phenoxy) is 1. The number of likely N-dealkylation sites (tertiary alicyclic amines) is 1. The molecule has 0 aliphatic carbocycles. The number of anilines is 3. The fourth-order valence-electron chi connectivity index (χ4n) is 4.48. The fourth-order valence-corrected chi connectivity index (χ4v) is 4.48. The largest absolute Gasteiger partial charge is 0.450 e. The van der Waals surface area contributed by atoms with E-state index < -0.39 is 6.09 Å². The van der Waals surface area contributed by atoms with Gasteiger partial charge in [0.1, 0.15) is 0 Å². The van der Waals surface area contributed by atoms with E-state index in [0.717, 1.165) is 42.9 Å². The molecule has 2 aliphatic rings. The van der Waals surface area contributed by atoms with E-state index in [-0.39, 0.29) is 5.91 Å². The van der Waals surface area contributed by atoms with Crippen molar-refractivity contribution in [2.75, 3.05) is 36.5 Å². The van der Waals surface area contributed by atoms with Crippen molar-refractivity contribution in [1.82, 2.24) is 0 Å². The summed E-state index contributed by atoms with van der Waals surface area (Å²) in [5.41, 5.74) is 4.73. The number of rotatable bonds is 4. The number of quaternary nitrogens is 1. The standard InChI is InChI=1S/C24H29N3O3/c1-2-30-24(29)25-20-13-12-19-11-10-18-8-4-5-9-21(18)27(22(19)16-20)23(28)17-26-14-6-3-7-15-26/h4-5,8-9,12-13,16H,2-3,6-7,10-11,14-15,17H2,1H3,(H,25,29)/p+1. The lowest BCUT2D eigenvalue weighted by molar-refractivity contribution is -0.896. The van der Waals surface area contributed by atoms with Gasteiger partial charge in [-0.2, -0.15) is 0 Å². The summed E-state index contributed by atoms with van der Waals surface area (Å²) < 4.78 is 5.01. The first kappa shape index (κ1) is 20.4. The topological polar surface area (TPSA) is 63.1 Å². The molecule has 158 valence electrons. The van der Waals surface area contributed by atoms with Crippen LogP contribution < -0.4 is 15.1 Å². The molecule has 0 unspecified atom stereocenters. The number of hydrogen-bond acceptors (Lipinski definition) is 3. The Morgan fingerprint density at radius 2 is 1.73 bits per heavy atom. The number of hydrogen-bond donors (Lipinski definition) is 2. The minimum Gasteiger partial charge on any atom is -0.450 e. The lowest BCUT2D eigenvalue weighted by Crippen LogP contribution is -3.13. The summed E-state index contributed by atoms with van der Waals surface area (Å²) >= 11 is 0. The van der Waals surface area contributed by atoms with Crippen LogP contribution in [0.1, 0.15) is 37.3 Å². The normalized spacial score (nSPS) is 16.2. The Bertz CT molecular complexity index is 922. The van der Waals surface area contributed by atoms with E-state index in [1.54, 1.807) is 6.92 Å². The number of carbonyl (C=O) groups is 2. The quantitative estimate of drug-likeness (QED) is 0.817. The third-order valence-corrected chi connectivity index (χ3v) is 5.96. The molecule has 0 saturated carbocycles. The van der Waals surface area contributed by atoms with E-state index in [0.29, 0.717) is 18.8 Å². The van der Waals surface area contributed by atoms with Gasteiger partial charge in [-0.25, -0.2) is 4.79 Å².